The maximum Gasteiger partial charge on any atom is 0.0635 e. The van der Waals surface area contributed by atoms with Crippen LogP contribution in [-0.2, 0) is 0 Å². The first kappa shape index (κ1) is 13.4. The van der Waals surface area contributed by atoms with Gasteiger partial charge in [0.15, 0.2) is 0 Å². The van der Waals surface area contributed by atoms with E-state index in [1.165, 1.54) is 12.8 Å². The first-order valence-electron chi connectivity index (χ1n) is 5.53. The van der Waals surface area contributed by atoms with Crippen molar-refractivity contribution in [3.05, 3.63) is 0 Å². The maximum atomic E-state index is 8.34. The van der Waals surface area contributed by atoms with Crippen molar-refractivity contribution in [3.8, 4) is 6.07 Å². The van der Waals surface area contributed by atoms with Gasteiger partial charge in [-0.2, -0.15) is 5.26 Å². The lowest BCUT2D eigenvalue weighted by molar-refractivity contribution is 0.295. The zero-order valence-electron chi connectivity index (χ0n) is 10.1. The Morgan fingerprint density at radius 1 is 1.29 bits per heavy atom. The number of nitrogens with one attached hydrogen (secondary N) is 1. The molecule has 0 aliphatic carbocycles. The van der Waals surface area contributed by atoms with E-state index < -0.39 is 0 Å². The van der Waals surface area contributed by atoms with Gasteiger partial charge < -0.3 is 5.32 Å². The van der Waals surface area contributed by atoms with Crippen LogP contribution in [0.4, 0.5) is 0 Å². The van der Waals surface area contributed by atoms with Crippen LogP contribution in [-0.4, -0.2) is 13.1 Å². The number of hydrogen-bond donors (Lipinski definition) is 1. The number of nitriles is 1. The van der Waals surface area contributed by atoms with E-state index in [9.17, 15) is 0 Å². The molecule has 0 saturated carbocycles. The molecule has 0 aliphatic rings. The fourth-order valence-corrected chi connectivity index (χ4v) is 1.77. The van der Waals surface area contributed by atoms with Crippen LogP contribution in [0.25, 0.3) is 0 Å². The molecule has 0 saturated heterocycles. The van der Waals surface area contributed by atoms with Crippen molar-refractivity contribution in [3.63, 3.8) is 0 Å². The first-order valence-corrected chi connectivity index (χ1v) is 5.53. The largest absolute Gasteiger partial charge is 0.316 e. The van der Waals surface area contributed by atoms with Crippen molar-refractivity contribution in [1.82, 2.24) is 5.32 Å². The van der Waals surface area contributed by atoms with E-state index in [1.807, 2.05) is 0 Å². The summed E-state index contributed by atoms with van der Waals surface area (Å²) in [7, 11) is 0. The Bertz CT molecular complexity index is 174. The lowest BCUT2D eigenvalue weighted by atomic mass is 9.84. The summed E-state index contributed by atoms with van der Waals surface area (Å²) in [5.41, 5.74) is 0.437. The smallest absolute Gasteiger partial charge is 0.0635 e. The third-order valence-corrected chi connectivity index (χ3v) is 2.19. The van der Waals surface area contributed by atoms with Crippen molar-refractivity contribution in [2.24, 2.45) is 11.3 Å². The standard InChI is InChI=1S/C12H24N2/c1-11(10-12(2,3)4)6-9-14-8-5-7-13/h11,14H,5-6,8-10H2,1-4H3. The highest BCUT2D eigenvalue weighted by Crippen LogP contribution is 2.25. The predicted octanol–water partition coefficient (Wildman–Crippen LogP) is 2.95. The number of rotatable bonds is 6. The zero-order valence-corrected chi connectivity index (χ0v) is 10.1. The highest BCUT2D eigenvalue weighted by atomic mass is 14.8. The predicted molar refractivity (Wildman–Crippen MR) is 61.0 cm³/mol. The Morgan fingerprint density at radius 3 is 2.43 bits per heavy atom. The average Bonchev–Trinajstić information content (AvgIpc) is 2.00. The lowest BCUT2D eigenvalue weighted by Gasteiger charge is -2.23. The summed E-state index contributed by atoms with van der Waals surface area (Å²) >= 11 is 0. The van der Waals surface area contributed by atoms with Gasteiger partial charge in [0.2, 0.25) is 0 Å². The van der Waals surface area contributed by atoms with E-state index in [1.54, 1.807) is 0 Å². The van der Waals surface area contributed by atoms with Gasteiger partial charge in [0.05, 0.1) is 6.07 Å². The van der Waals surface area contributed by atoms with Gasteiger partial charge in [-0.25, -0.2) is 0 Å². The summed E-state index contributed by atoms with van der Waals surface area (Å²) in [6.45, 7) is 11.0. The first-order chi connectivity index (χ1) is 6.45. The molecule has 0 spiro atoms. The minimum atomic E-state index is 0.437. The molecule has 0 radical (unpaired) electrons. The van der Waals surface area contributed by atoms with Gasteiger partial charge in [0, 0.05) is 13.0 Å². The molecule has 0 fully saturated rings. The number of nitrogens with zero attached hydrogens (tertiary/aromatic N) is 1. The summed E-state index contributed by atoms with van der Waals surface area (Å²) in [6, 6.07) is 2.13. The van der Waals surface area contributed by atoms with Gasteiger partial charge in [0.25, 0.3) is 0 Å². The summed E-state index contributed by atoms with van der Waals surface area (Å²) in [5, 5.41) is 11.6. The molecule has 0 heterocycles. The molecule has 1 unspecified atom stereocenters. The molecule has 0 rings (SSSR count). The molecule has 0 aromatic carbocycles. The second kappa shape index (κ2) is 6.84. The summed E-state index contributed by atoms with van der Waals surface area (Å²) in [6.07, 6.45) is 3.10. The Kier molecular flexibility index (Phi) is 6.57. The van der Waals surface area contributed by atoms with Gasteiger partial charge >= 0.3 is 0 Å². The molecular weight excluding hydrogens is 172 g/mol. The number of hydrogen-bond acceptors (Lipinski definition) is 2. The van der Waals surface area contributed by atoms with Gasteiger partial charge in [0.1, 0.15) is 0 Å². The van der Waals surface area contributed by atoms with Gasteiger partial charge in [-0.05, 0) is 30.7 Å². The van der Waals surface area contributed by atoms with Crippen LogP contribution in [0.3, 0.4) is 0 Å². The van der Waals surface area contributed by atoms with E-state index in [-0.39, 0.29) is 0 Å². The molecule has 1 N–H and O–H groups in total. The van der Waals surface area contributed by atoms with Gasteiger partial charge in [-0.1, -0.05) is 27.7 Å². The molecule has 0 bridgehead atoms. The zero-order chi connectivity index (χ0) is 11.0. The van der Waals surface area contributed by atoms with Gasteiger partial charge in [-0.15, -0.1) is 0 Å². The van der Waals surface area contributed by atoms with Crippen LogP contribution in [0.15, 0.2) is 0 Å². The van der Waals surface area contributed by atoms with E-state index in [0.29, 0.717) is 11.8 Å². The fraction of sp³-hybridized carbons (Fsp3) is 0.917. The Balaban J connectivity index is 3.37. The molecule has 2 nitrogen and oxygen atoms in total. The van der Waals surface area contributed by atoms with Crippen molar-refractivity contribution < 1.29 is 0 Å². The van der Waals surface area contributed by atoms with Crippen molar-refractivity contribution >= 4 is 0 Å². The molecule has 2 heteroatoms. The third-order valence-electron chi connectivity index (χ3n) is 2.19. The summed E-state index contributed by atoms with van der Waals surface area (Å²) < 4.78 is 0. The molecule has 0 aliphatic heterocycles. The third kappa shape index (κ3) is 9.54. The van der Waals surface area contributed by atoms with E-state index in [0.717, 1.165) is 19.0 Å². The summed E-state index contributed by atoms with van der Waals surface area (Å²) in [5.74, 6) is 0.768. The Labute approximate surface area is 88.7 Å². The minimum absolute atomic E-state index is 0.437. The van der Waals surface area contributed by atoms with Crippen LogP contribution in [0, 0.1) is 22.7 Å². The molecule has 14 heavy (non-hydrogen) atoms. The molecule has 82 valence electrons. The SMILES string of the molecule is CC(CCNCCC#N)CC(C)(C)C. The molecule has 0 amide bonds. The molecule has 0 aromatic heterocycles. The topological polar surface area (TPSA) is 35.8 Å². The van der Waals surface area contributed by atoms with Crippen molar-refractivity contribution in [1.29, 1.82) is 5.26 Å². The second-order valence-electron chi connectivity index (χ2n) is 5.32. The highest BCUT2D eigenvalue weighted by molar-refractivity contribution is 4.71. The second-order valence-corrected chi connectivity index (χ2v) is 5.32. The summed E-state index contributed by atoms with van der Waals surface area (Å²) in [4.78, 5) is 0. The minimum Gasteiger partial charge on any atom is -0.316 e. The van der Waals surface area contributed by atoms with Crippen LogP contribution in [0.2, 0.25) is 0 Å². The van der Waals surface area contributed by atoms with Crippen LogP contribution >= 0.6 is 0 Å². The Morgan fingerprint density at radius 2 is 1.93 bits per heavy atom. The van der Waals surface area contributed by atoms with Crippen LogP contribution in [0.1, 0.15) is 47.0 Å². The van der Waals surface area contributed by atoms with Gasteiger partial charge in [-0.3, -0.25) is 0 Å². The molecule has 1 atom stereocenters. The normalized spacial score (nSPS) is 13.6. The van der Waals surface area contributed by atoms with Crippen LogP contribution < -0.4 is 5.32 Å². The van der Waals surface area contributed by atoms with Crippen molar-refractivity contribution in [2.75, 3.05) is 13.1 Å². The van der Waals surface area contributed by atoms with E-state index in [4.69, 9.17) is 5.26 Å². The average molecular weight is 196 g/mol. The van der Waals surface area contributed by atoms with E-state index in [2.05, 4.69) is 39.1 Å². The lowest BCUT2D eigenvalue weighted by Crippen LogP contribution is -2.20. The van der Waals surface area contributed by atoms with Crippen LogP contribution in [0.5, 0.6) is 0 Å². The molecular formula is C12H24N2. The Hall–Kier alpha value is -0.550. The van der Waals surface area contributed by atoms with Crippen molar-refractivity contribution in [2.45, 2.75) is 47.0 Å². The monoisotopic (exact) mass is 196 g/mol. The van der Waals surface area contributed by atoms with E-state index >= 15 is 0 Å². The maximum absolute atomic E-state index is 8.34. The highest BCUT2D eigenvalue weighted by Gasteiger charge is 2.14. The quantitative estimate of drug-likeness (QED) is 0.663. The fourth-order valence-electron chi connectivity index (χ4n) is 1.77. The molecule has 0 aromatic rings.